The van der Waals surface area contributed by atoms with Gasteiger partial charge in [-0.3, -0.25) is 0 Å². The van der Waals surface area contributed by atoms with Gasteiger partial charge in [-0.1, -0.05) is 44.7 Å². The Morgan fingerprint density at radius 2 is 1.71 bits per heavy atom. The summed E-state index contributed by atoms with van der Waals surface area (Å²) in [5.41, 5.74) is 0. The molecule has 0 amide bonds. The van der Waals surface area contributed by atoms with E-state index in [2.05, 4.69) is 6.92 Å². The zero-order chi connectivity index (χ0) is 15.9. The number of nitrogens with zero attached hydrogens (tertiary/aromatic N) is 1. The standard InChI is InChI=1S/C16H26ClNO2S/c1-4-6-7-8-13-18(14(3)5-2)21(19,20)16-11-9-15(17)10-12-16/h9-12,14H,4-8,13H2,1-3H3. The molecule has 0 spiro atoms. The quantitative estimate of drug-likeness (QED) is 0.614. The predicted octanol–water partition coefficient (Wildman–Crippen LogP) is 4.71. The van der Waals surface area contributed by atoms with Gasteiger partial charge in [-0.2, -0.15) is 4.31 Å². The molecule has 1 unspecified atom stereocenters. The van der Waals surface area contributed by atoms with Crippen molar-refractivity contribution in [1.82, 2.24) is 4.31 Å². The van der Waals surface area contributed by atoms with E-state index in [0.717, 1.165) is 32.1 Å². The van der Waals surface area contributed by atoms with Crippen molar-refractivity contribution in [2.24, 2.45) is 0 Å². The third kappa shape index (κ3) is 5.28. The Kier molecular flexibility index (Phi) is 7.71. The van der Waals surface area contributed by atoms with Crippen molar-refractivity contribution in [1.29, 1.82) is 0 Å². The van der Waals surface area contributed by atoms with Gasteiger partial charge in [-0.15, -0.1) is 0 Å². The summed E-state index contributed by atoms with van der Waals surface area (Å²) >= 11 is 5.84. The fourth-order valence-electron chi connectivity index (χ4n) is 2.22. The third-order valence-electron chi connectivity index (χ3n) is 3.73. The van der Waals surface area contributed by atoms with Gasteiger partial charge in [-0.05, 0) is 44.0 Å². The molecule has 1 rings (SSSR count). The van der Waals surface area contributed by atoms with Crippen LogP contribution in [-0.2, 0) is 10.0 Å². The Labute approximate surface area is 134 Å². The minimum atomic E-state index is -3.44. The molecule has 0 aliphatic heterocycles. The highest BCUT2D eigenvalue weighted by Gasteiger charge is 2.27. The third-order valence-corrected chi connectivity index (χ3v) is 6.01. The molecule has 0 heterocycles. The van der Waals surface area contributed by atoms with Crippen LogP contribution in [0.2, 0.25) is 5.02 Å². The summed E-state index contributed by atoms with van der Waals surface area (Å²) in [4.78, 5) is 0.322. The van der Waals surface area contributed by atoms with Crippen LogP contribution in [0.5, 0.6) is 0 Å². The second kappa shape index (κ2) is 8.76. The molecule has 0 fully saturated rings. The molecule has 3 nitrogen and oxygen atoms in total. The van der Waals surface area contributed by atoms with Crippen molar-refractivity contribution in [3.8, 4) is 0 Å². The normalized spacial score (nSPS) is 13.6. The lowest BCUT2D eigenvalue weighted by molar-refractivity contribution is 0.321. The highest BCUT2D eigenvalue weighted by molar-refractivity contribution is 7.89. The van der Waals surface area contributed by atoms with Crippen LogP contribution in [-0.4, -0.2) is 25.3 Å². The molecule has 0 saturated carbocycles. The van der Waals surface area contributed by atoms with E-state index in [0.29, 0.717) is 16.5 Å². The fourth-order valence-corrected chi connectivity index (χ4v) is 4.09. The van der Waals surface area contributed by atoms with Crippen LogP contribution in [0.1, 0.15) is 52.9 Å². The topological polar surface area (TPSA) is 37.4 Å². The van der Waals surface area contributed by atoms with Crippen molar-refractivity contribution < 1.29 is 8.42 Å². The van der Waals surface area contributed by atoms with Gasteiger partial charge in [0, 0.05) is 17.6 Å². The van der Waals surface area contributed by atoms with E-state index < -0.39 is 10.0 Å². The number of rotatable bonds is 9. The lowest BCUT2D eigenvalue weighted by Crippen LogP contribution is -2.39. The van der Waals surface area contributed by atoms with Gasteiger partial charge in [0.25, 0.3) is 0 Å². The zero-order valence-corrected chi connectivity index (χ0v) is 14.8. The maximum Gasteiger partial charge on any atom is 0.243 e. The van der Waals surface area contributed by atoms with Crippen LogP contribution in [0.15, 0.2) is 29.2 Å². The first-order chi connectivity index (χ1) is 9.93. The molecule has 0 aliphatic carbocycles. The first-order valence-corrected chi connectivity index (χ1v) is 9.52. The van der Waals surface area contributed by atoms with Gasteiger partial charge >= 0.3 is 0 Å². The molecule has 1 aromatic carbocycles. The summed E-state index contributed by atoms with van der Waals surface area (Å²) in [6, 6.07) is 6.42. The highest BCUT2D eigenvalue weighted by atomic mass is 35.5. The first kappa shape index (κ1) is 18.5. The van der Waals surface area contributed by atoms with Gasteiger partial charge in [0.1, 0.15) is 0 Å². The number of benzene rings is 1. The summed E-state index contributed by atoms with van der Waals surface area (Å²) in [5.74, 6) is 0. The molecule has 1 atom stereocenters. The van der Waals surface area contributed by atoms with E-state index in [4.69, 9.17) is 11.6 Å². The smallest absolute Gasteiger partial charge is 0.207 e. The van der Waals surface area contributed by atoms with E-state index in [1.165, 1.54) is 0 Å². The number of hydrogen-bond acceptors (Lipinski definition) is 2. The van der Waals surface area contributed by atoms with Gasteiger partial charge < -0.3 is 0 Å². The van der Waals surface area contributed by atoms with Crippen molar-refractivity contribution in [2.75, 3.05) is 6.54 Å². The molecule has 0 radical (unpaired) electrons. The number of halogens is 1. The Balaban J connectivity index is 2.92. The van der Waals surface area contributed by atoms with E-state index >= 15 is 0 Å². The number of sulfonamides is 1. The summed E-state index contributed by atoms with van der Waals surface area (Å²) in [5, 5.41) is 0.548. The van der Waals surface area contributed by atoms with E-state index in [1.54, 1.807) is 28.6 Å². The van der Waals surface area contributed by atoms with Crippen molar-refractivity contribution in [3.63, 3.8) is 0 Å². The molecule has 0 bridgehead atoms. The maximum atomic E-state index is 12.8. The van der Waals surface area contributed by atoms with Crippen LogP contribution in [0.4, 0.5) is 0 Å². The SMILES string of the molecule is CCCCCCN(C(C)CC)S(=O)(=O)c1ccc(Cl)cc1. The van der Waals surface area contributed by atoms with E-state index in [-0.39, 0.29) is 6.04 Å². The lowest BCUT2D eigenvalue weighted by Gasteiger charge is -2.27. The highest BCUT2D eigenvalue weighted by Crippen LogP contribution is 2.22. The lowest BCUT2D eigenvalue weighted by atomic mass is 10.2. The van der Waals surface area contributed by atoms with Crippen LogP contribution >= 0.6 is 11.6 Å². The average molecular weight is 332 g/mol. The van der Waals surface area contributed by atoms with E-state index in [1.807, 2.05) is 13.8 Å². The molecular weight excluding hydrogens is 306 g/mol. The van der Waals surface area contributed by atoms with Crippen LogP contribution in [0.3, 0.4) is 0 Å². The van der Waals surface area contributed by atoms with Crippen LogP contribution in [0.25, 0.3) is 0 Å². The molecule has 120 valence electrons. The van der Waals surface area contributed by atoms with Gasteiger partial charge in [-0.25, -0.2) is 8.42 Å². The van der Waals surface area contributed by atoms with E-state index in [9.17, 15) is 8.42 Å². The molecule has 0 N–H and O–H groups in total. The van der Waals surface area contributed by atoms with Gasteiger partial charge in [0.15, 0.2) is 0 Å². The second-order valence-electron chi connectivity index (χ2n) is 5.39. The summed E-state index contributed by atoms with van der Waals surface area (Å²) in [6.45, 7) is 6.71. The largest absolute Gasteiger partial charge is 0.243 e. The minimum Gasteiger partial charge on any atom is -0.207 e. The first-order valence-electron chi connectivity index (χ1n) is 7.70. The number of unbranched alkanes of at least 4 members (excludes halogenated alkanes) is 3. The summed E-state index contributed by atoms with van der Waals surface area (Å²) in [7, 11) is -3.44. The maximum absolute atomic E-state index is 12.8. The van der Waals surface area contributed by atoms with Crippen molar-refractivity contribution in [3.05, 3.63) is 29.3 Å². The second-order valence-corrected chi connectivity index (χ2v) is 7.71. The molecular formula is C16H26ClNO2S. The fraction of sp³-hybridized carbons (Fsp3) is 0.625. The Hall–Kier alpha value is -0.580. The molecule has 1 aromatic rings. The predicted molar refractivity (Wildman–Crippen MR) is 89.2 cm³/mol. The Bertz CT molecular complexity index is 514. The van der Waals surface area contributed by atoms with Crippen molar-refractivity contribution >= 4 is 21.6 Å². The summed E-state index contributed by atoms with van der Waals surface area (Å²) in [6.07, 6.45) is 5.08. The number of hydrogen-bond donors (Lipinski definition) is 0. The van der Waals surface area contributed by atoms with Crippen LogP contribution < -0.4 is 0 Å². The molecule has 21 heavy (non-hydrogen) atoms. The van der Waals surface area contributed by atoms with Crippen molar-refractivity contribution in [2.45, 2.75) is 63.8 Å². The molecule has 5 heteroatoms. The Morgan fingerprint density at radius 1 is 1.10 bits per heavy atom. The molecule has 0 saturated heterocycles. The zero-order valence-electron chi connectivity index (χ0n) is 13.2. The minimum absolute atomic E-state index is 0.00676. The Morgan fingerprint density at radius 3 is 2.24 bits per heavy atom. The van der Waals surface area contributed by atoms with Gasteiger partial charge in [0.05, 0.1) is 4.90 Å². The summed E-state index contributed by atoms with van der Waals surface area (Å²) < 4.78 is 27.2. The van der Waals surface area contributed by atoms with Crippen LogP contribution in [0, 0.1) is 0 Å². The molecule has 0 aliphatic rings. The average Bonchev–Trinajstić information content (AvgIpc) is 2.46. The monoisotopic (exact) mass is 331 g/mol. The molecule has 0 aromatic heterocycles. The van der Waals surface area contributed by atoms with Gasteiger partial charge in [0.2, 0.25) is 10.0 Å².